The van der Waals surface area contributed by atoms with Crippen LogP contribution >= 0.6 is 11.3 Å². The maximum Gasteiger partial charge on any atom is 0.125 e. The molecule has 0 unspecified atom stereocenters. The minimum absolute atomic E-state index is 0.900. The number of anilines is 1. The van der Waals surface area contributed by atoms with E-state index in [1.165, 1.54) is 10.4 Å². The second-order valence-corrected chi connectivity index (χ2v) is 5.55. The van der Waals surface area contributed by atoms with E-state index in [1.54, 1.807) is 11.3 Å². The van der Waals surface area contributed by atoms with Gasteiger partial charge in [0.15, 0.2) is 0 Å². The molecular formula is C14H20N4S. The number of nitrogens with zero attached hydrogens (tertiary/aromatic N) is 3. The topological polar surface area (TPSA) is 41.0 Å². The highest BCUT2D eigenvalue weighted by atomic mass is 32.1. The van der Waals surface area contributed by atoms with Gasteiger partial charge in [-0.1, -0.05) is 6.07 Å². The molecule has 0 aliphatic carbocycles. The summed E-state index contributed by atoms with van der Waals surface area (Å²) in [7, 11) is 2.12. The molecule has 102 valence electrons. The van der Waals surface area contributed by atoms with Crippen molar-refractivity contribution in [3.63, 3.8) is 0 Å². The van der Waals surface area contributed by atoms with Crippen LogP contribution in [-0.4, -0.2) is 28.5 Å². The molecule has 0 aromatic carbocycles. The molecule has 2 heterocycles. The van der Waals surface area contributed by atoms with E-state index in [2.05, 4.69) is 47.1 Å². The van der Waals surface area contributed by atoms with Gasteiger partial charge in [0.25, 0.3) is 0 Å². The zero-order valence-corrected chi connectivity index (χ0v) is 12.5. The Labute approximate surface area is 118 Å². The van der Waals surface area contributed by atoms with Crippen LogP contribution in [-0.2, 0) is 13.1 Å². The summed E-state index contributed by atoms with van der Waals surface area (Å²) in [6, 6.07) is 4.16. The van der Waals surface area contributed by atoms with Crippen LogP contribution in [0, 0.1) is 6.92 Å². The lowest BCUT2D eigenvalue weighted by Gasteiger charge is -2.16. The zero-order valence-electron chi connectivity index (χ0n) is 11.7. The Kier molecular flexibility index (Phi) is 4.87. The van der Waals surface area contributed by atoms with E-state index in [-0.39, 0.29) is 0 Å². The van der Waals surface area contributed by atoms with E-state index in [0.29, 0.717) is 0 Å². The van der Waals surface area contributed by atoms with Gasteiger partial charge >= 0.3 is 0 Å². The fraction of sp³-hybridized carbons (Fsp3) is 0.429. The van der Waals surface area contributed by atoms with Gasteiger partial charge in [0.05, 0.1) is 11.2 Å². The summed E-state index contributed by atoms with van der Waals surface area (Å²) in [5.41, 5.74) is 4.27. The lowest BCUT2D eigenvalue weighted by Crippen LogP contribution is -2.17. The van der Waals surface area contributed by atoms with E-state index in [9.17, 15) is 0 Å². The summed E-state index contributed by atoms with van der Waals surface area (Å²) < 4.78 is 0. The number of rotatable bonds is 6. The van der Waals surface area contributed by atoms with Crippen molar-refractivity contribution in [2.75, 3.05) is 18.9 Å². The highest BCUT2D eigenvalue weighted by molar-refractivity contribution is 7.09. The first kappa shape index (κ1) is 14.0. The Hall–Kier alpha value is -1.46. The van der Waals surface area contributed by atoms with Crippen LogP contribution in [0.2, 0.25) is 0 Å². The first-order chi connectivity index (χ1) is 9.19. The molecule has 0 bridgehead atoms. The van der Waals surface area contributed by atoms with Gasteiger partial charge in [-0.25, -0.2) is 9.97 Å². The molecule has 0 amide bonds. The normalized spacial score (nSPS) is 10.9. The van der Waals surface area contributed by atoms with Gasteiger partial charge in [0.2, 0.25) is 0 Å². The van der Waals surface area contributed by atoms with Crippen molar-refractivity contribution in [3.8, 4) is 0 Å². The second-order valence-electron chi connectivity index (χ2n) is 4.62. The summed E-state index contributed by atoms with van der Waals surface area (Å²) in [6.45, 7) is 6.87. The molecule has 0 atom stereocenters. The van der Waals surface area contributed by atoms with Crippen LogP contribution in [0.4, 0.5) is 5.82 Å². The van der Waals surface area contributed by atoms with Crippen LogP contribution < -0.4 is 5.32 Å². The summed E-state index contributed by atoms with van der Waals surface area (Å²) in [6.07, 6.45) is 1.94. The number of hydrogen-bond acceptors (Lipinski definition) is 5. The Bertz CT molecular complexity index is 506. The molecule has 0 radical (unpaired) electrons. The summed E-state index contributed by atoms with van der Waals surface area (Å²) in [5.74, 6) is 0.937. The number of aromatic nitrogens is 2. The minimum atomic E-state index is 0.900. The predicted octanol–water partition coefficient (Wildman–Crippen LogP) is 2.91. The lowest BCUT2D eigenvalue weighted by molar-refractivity contribution is 0.321. The zero-order chi connectivity index (χ0) is 13.7. The molecule has 0 aliphatic rings. The molecule has 0 fully saturated rings. The molecule has 2 rings (SSSR count). The van der Waals surface area contributed by atoms with Gasteiger partial charge in [-0.05, 0) is 32.5 Å². The average molecular weight is 276 g/mol. The molecule has 0 saturated heterocycles. The molecule has 1 N–H and O–H groups in total. The summed E-state index contributed by atoms with van der Waals surface area (Å²) >= 11 is 1.72. The van der Waals surface area contributed by atoms with Crippen molar-refractivity contribution in [1.82, 2.24) is 14.9 Å². The van der Waals surface area contributed by atoms with E-state index < -0.39 is 0 Å². The summed E-state index contributed by atoms with van der Waals surface area (Å²) in [5, 5.41) is 3.20. The van der Waals surface area contributed by atoms with Crippen LogP contribution in [0.3, 0.4) is 0 Å². The smallest absolute Gasteiger partial charge is 0.125 e. The van der Waals surface area contributed by atoms with Gasteiger partial charge in [0.1, 0.15) is 5.82 Å². The number of thiazole rings is 1. The predicted molar refractivity (Wildman–Crippen MR) is 80.4 cm³/mol. The number of nitrogens with one attached hydrogen (secondary N) is 1. The third kappa shape index (κ3) is 4.01. The molecule has 5 heteroatoms. The van der Waals surface area contributed by atoms with Crippen molar-refractivity contribution in [2.24, 2.45) is 0 Å². The molecule has 2 aromatic heterocycles. The van der Waals surface area contributed by atoms with Gasteiger partial charge in [-0.15, -0.1) is 11.3 Å². The van der Waals surface area contributed by atoms with Crippen LogP contribution in [0.15, 0.2) is 23.8 Å². The number of hydrogen-bond donors (Lipinski definition) is 1. The first-order valence-electron chi connectivity index (χ1n) is 6.45. The fourth-order valence-electron chi connectivity index (χ4n) is 1.89. The molecular weight excluding hydrogens is 256 g/mol. The quantitative estimate of drug-likeness (QED) is 0.881. The Morgan fingerprint density at radius 1 is 1.26 bits per heavy atom. The average Bonchev–Trinajstić information content (AvgIpc) is 2.78. The molecule has 19 heavy (non-hydrogen) atoms. The highest BCUT2D eigenvalue weighted by Crippen LogP contribution is 2.15. The van der Waals surface area contributed by atoms with Crippen molar-refractivity contribution in [1.29, 1.82) is 0 Å². The number of pyridine rings is 1. The standard InChI is InChI=1S/C14H20N4S/c1-4-15-14-6-5-12(7-16-14)8-18(3)9-13-11(2)17-10-19-13/h5-7,10H,4,8-9H2,1-3H3,(H,15,16). The maximum atomic E-state index is 4.39. The van der Waals surface area contributed by atoms with E-state index in [0.717, 1.165) is 31.1 Å². The Morgan fingerprint density at radius 2 is 2.11 bits per heavy atom. The first-order valence-corrected chi connectivity index (χ1v) is 7.33. The molecule has 2 aromatic rings. The molecule has 4 nitrogen and oxygen atoms in total. The highest BCUT2D eigenvalue weighted by Gasteiger charge is 2.06. The van der Waals surface area contributed by atoms with Crippen molar-refractivity contribution in [3.05, 3.63) is 40.0 Å². The van der Waals surface area contributed by atoms with Gasteiger partial charge in [-0.2, -0.15) is 0 Å². The maximum absolute atomic E-state index is 4.39. The van der Waals surface area contributed by atoms with E-state index in [1.807, 2.05) is 17.8 Å². The Morgan fingerprint density at radius 3 is 2.68 bits per heavy atom. The molecule has 0 spiro atoms. The van der Waals surface area contributed by atoms with Gasteiger partial charge in [0, 0.05) is 30.7 Å². The van der Waals surface area contributed by atoms with Gasteiger partial charge in [-0.3, -0.25) is 4.90 Å². The SMILES string of the molecule is CCNc1ccc(CN(C)Cc2scnc2C)cn1. The van der Waals surface area contributed by atoms with E-state index >= 15 is 0 Å². The van der Waals surface area contributed by atoms with E-state index in [4.69, 9.17) is 0 Å². The second kappa shape index (κ2) is 6.63. The lowest BCUT2D eigenvalue weighted by atomic mass is 10.2. The van der Waals surface area contributed by atoms with Crippen LogP contribution in [0.1, 0.15) is 23.1 Å². The molecule has 0 aliphatic heterocycles. The fourth-order valence-corrected chi connectivity index (χ4v) is 2.75. The van der Waals surface area contributed by atoms with Crippen molar-refractivity contribution < 1.29 is 0 Å². The van der Waals surface area contributed by atoms with Crippen molar-refractivity contribution in [2.45, 2.75) is 26.9 Å². The van der Waals surface area contributed by atoms with Crippen LogP contribution in [0.5, 0.6) is 0 Å². The van der Waals surface area contributed by atoms with Gasteiger partial charge < -0.3 is 5.32 Å². The monoisotopic (exact) mass is 276 g/mol. The number of aryl methyl sites for hydroxylation is 1. The minimum Gasteiger partial charge on any atom is -0.370 e. The van der Waals surface area contributed by atoms with Crippen LogP contribution in [0.25, 0.3) is 0 Å². The molecule has 0 saturated carbocycles. The van der Waals surface area contributed by atoms with Crippen molar-refractivity contribution >= 4 is 17.2 Å². The Balaban J connectivity index is 1.91. The third-order valence-corrected chi connectivity index (χ3v) is 3.81. The third-order valence-electron chi connectivity index (χ3n) is 2.89. The largest absolute Gasteiger partial charge is 0.370 e. The summed E-state index contributed by atoms with van der Waals surface area (Å²) in [4.78, 5) is 12.3.